The smallest absolute Gasteiger partial charge is 0.317 e. The van der Waals surface area contributed by atoms with Crippen molar-refractivity contribution >= 4 is 6.03 Å². The van der Waals surface area contributed by atoms with E-state index in [0.717, 1.165) is 32.5 Å². The summed E-state index contributed by atoms with van der Waals surface area (Å²) in [6.07, 6.45) is 11.3. The van der Waals surface area contributed by atoms with E-state index in [2.05, 4.69) is 17.3 Å². The van der Waals surface area contributed by atoms with Crippen LogP contribution in [0.15, 0.2) is 23.8 Å². The second-order valence-corrected chi connectivity index (χ2v) is 8.87. The van der Waals surface area contributed by atoms with Gasteiger partial charge in [-0.3, -0.25) is 0 Å². The zero-order valence-corrected chi connectivity index (χ0v) is 17.3. The van der Waals surface area contributed by atoms with Gasteiger partial charge in [0.2, 0.25) is 0 Å². The SMILES string of the molecule is CC(NC(=O)N(CC1CCCCC1)C1CCN(C)CC1)C1CC=CC(F)=C1F. The van der Waals surface area contributed by atoms with Gasteiger partial charge in [0.05, 0.1) is 0 Å². The first-order chi connectivity index (χ1) is 13.5. The lowest BCUT2D eigenvalue weighted by Crippen LogP contribution is -2.54. The number of carbonyl (C=O) groups is 1. The zero-order valence-electron chi connectivity index (χ0n) is 17.3. The van der Waals surface area contributed by atoms with Crippen LogP contribution in [-0.4, -0.2) is 54.6 Å². The van der Waals surface area contributed by atoms with Crippen molar-refractivity contribution in [2.45, 2.75) is 70.4 Å². The molecule has 6 heteroatoms. The molecule has 3 rings (SSSR count). The summed E-state index contributed by atoms with van der Waals surface area (Å²) in [4.78, 5) is 17.5. The minimum atomic E-state index is -0.813. The number of piperidine rings is 1. The number of amides is 2. The van der Waals surface area contributed by atoms with E-state index in [0.29, 0.717) is 12.3 Å². The second-order valence-electron chi connectivity index (χ2n) is 8.87. The molecule has 1 heterocycles. The summed E-state index contributed by atoms with van der Waals surface area (Å²) in [7, 11) is 2.12. The van der Waals surface area contributed by atoms with E-state index in [1.807, 2.05) is 4.90 Å². The Morgan fingerprint density at radius 2 is 1.89 bits per heavy atom. The Bertz CT molecular complexity index is 593. The topological polar surface area (TPSA) is 35.6 Å². The average Bonchev–Trinajstić information content (AvgIpc) is 2.69. The number of nitrogens with zero attached hydrogens (tertiary/aromatic N) is 2. The number of carbonyl (C=O) groups excluding carboxylic acids is 1. The standard InChI is InChI=1S/C22H35F2N3O/c1-16(19-9-6-10-20(23)21(19)24)25-22(28)27(15-17-7-4-3-5-8-17)18-11-13-26(2)14-12-18/h6,10,16-19H,3-5,7-9,11-15H2,1-2H3,(H,25,28). The Kier molecular flexibility index (Phi) is 7.49. The summed E-state index contributed by atoms with van der Waals surface area (Å²) in [5.41, 5.74) is 0. The van der Waals surface area contributed by atoms with Gasteiger partial charge in [-0.25, -0.2) is 13.6 Å². The summed E-state index contributed by atoms with van der Waals surface area (Å²) in [6.45, 7) is 4.54. The average molecular weight is 396 g/mol. The Morgan fingerprint density at radius 1 is 1.21 bits per heavy atom. The van der Waals surface area contributed by atoms with Crippen LogP contribution in [0.4, 0.5) is 13.6 Å². The molecule has 2 atom stereocenters. The molecule has 2 aliphatic carbocycles. The number of rotatable bonds is 5. The number of hydrogen-bond donors (Lipinski definition) is 1. The van der Waals surface area contributed by atoms with Gasteiger partial charge < -0.3 is 15.1 Å². The predicted molar refractivity (Wildman–Crippen MR) is 108 cm³/mol. The molecule has 2 unspecified atom stereocenters. The van der Waals surface area contributed by atoms with Crippen molar-refractivity contribution in [1.82, 2.24) is 15.1 Å². The fraction of sp³-hybridized carbons (Fsp3) is 0.773. The van der Waals surface area contributed by atoms with Crippen LogP contribution < -0.4 is 5.32 Å². The third-order valence-corrected chi connectivity index (χ3v) is 6.73. The van der Waals surface area contributed by atoms with Gasteiger partial charge in [0.15, 0.2) is 5.83 Å². The molecule has 0 spiro atoms. The van der Waals surface area contributed by atoms with E-state index in [9.17, 15) is 13.6 Å². The molecular formula is C22H35F2N3O. The van der Waals surface area contributed by atoms with Crippen molar-refractivity contribution in [3.63, 3.8) is 0 Å². The van der Waals surface area contributed by atoms with Crippen LogP contribution in [0.1, 0.15) is 58.3 Å². The molecule has 0 aromatic rings. The Balaban J connectivity index is 1.65. The zero-order chi connectivity index (χ0) is 20.1. The Hall–Kier alpha value is -1.43. The molecule has 158 valence electrons. The molecule has 0 aromatic carbocycles. The lowest BCUT2D eigenvalue weighted by molar-refractivity contribution is 0.110. The van der Waals surface area contributed by atoms with Gasteiger partial charge in [0.25, 0.3) is 0 Å². The molecule has 0 aromatic heterocycles. The van der Waals surface area contributed by atoms with E-state index in [4.69, 9.17) is 0 Å². The van der Waals surface area contributed by atoms with Crippen LogP contribution in [0.5, 0.6) is 0 Å². The fourth-order valence-electron chi connectivity index (χ4n) is 4.83. The Morgan fingerprint density at radius 3 is 2.57 bits per heavy atom. The van der Waals surface area contributed by atoms with Gasteiger partial charge in [0.1, 0.15) is 5.83 Å². The highest BCUT2D eigenvalue weighted by molar-refractivity contribution is 5.75. The number of nitrogens with one attached hydrogen (secondary N) is 1. The van der Waals surface area contributed by atoms with Gasteiger partial charge in [-0.2, -0.15) is 0 Å². The number of urea groups is 1. The summed E-state index contributed by atoms with van der Waals surface area (Å²) < 4.78 is 27.8. The molecule has 1 aliphatic heterocycles. The molecule has 3 aliphatic rings. The van der Waals surface area contributed by atoms with Crippen molar-refractivity contribution in [2.75, 3.05) is 26.7 Å². The van der Waals surface area contributed by atoms with E-state index in [1.165, 1.54) is 38.2 Å². The summed E-state index contributed by atoms with van der Waals surface area (Å²) >= 11 is 0. The van der Waals surface area contributed by atoms with Crippen LogP contribution in [0.3, 0.4) is 0 Å². The van der Waals surface area contributed by atoms with Crippen LogP contribution in [0.25, 0.3) is 0 Å². The number of likely N-dealkylation sites (tertiary alicyclic amines) is 1. The molecule has 2 amide bonds. The Labute approximate surface area is 168 Å². The van der Waals surface area contributed by atoms with Crippen molar-refractivity contribution < 1.29 is 13.6 Å². The van der Waals surface area contributed by atoms with Crippen LogP contribution >= 0.6 is 0 Å². The van der Waals surface area contributed by atoms with E-state index >= 15 is 0 Å². The minimum absolute atomic E-state index is 0.115. The minimum Gasteiger partial charge on any atom is -0.335 e. The van der Waals surface area contributed by atoms with Crippen molar-refractivity contribution in [3.05, 3.63) is 23.8 Å². The maximum Gasteiger partial charge on any atom is 0.317 e. The number of allylic oxidation sites excluding steroid dienone is 3. The van der Waals surface area contributed by atoms with Gasteiger partial charge in [-0.15, -0.1) is 0 Å². The van der Waals surface area contributed by atoms with Crippen LogP contribution in [0.2, 0.25) is 0 Å². The first kappa shape index (κ1) is 21.3. The lowest BCUT2D eigenvalue weighted by atomic mass is 9.88. The third-order valence-electron chi connectivity index (χ3n) is 6.73. The van der Waals surface area contributed by atoms with Crippen molar-refractivity contribution in [2.24, 2.45) is 11.8 Å². The highest BCUT2D eigenvalue weighted by atomic mass is 19.2. The predicted octanol–water partition coefficient (Wildman–Crippen LogP) is 4.79. The van der Waals surface area contributed by atoms with Crippen LogP contribution in [-0.2, 0) is 0 Å². The summed E-state index contributed by atoms with van der Waals surface area (Å²) in [5, 5.41) is 3.00. The van der Waals surface area contributed by atoms with Gasteiger partial charge in [-0.1, -0.05) is 25.3 Å². The van der Waals surface area contributed by atoms with Gasteiger partial charge >= 0.3 is 6.03 Å². The molecular weight excluding hydrogens is 360 g/mol. The maximum absolute atomic E-state index is 14.2. The largest absolute Gasteiger partial charge is 0.335 e. The normalized spacial score (nSPS) is 26.4. The second kappa shape index (κ2) is 9.86. The van der Waals surface area contributed by atoms with Crippen LogP contribution in [0, 0.1) is 11.8 Å². The quantitative estimate of drug-likeness (QED) is 0.727. The molecule has 1 saturated heterocycles. The first-order valence-corrected chi connectivity index (χ1v) is 10.9. The van der Waals surface area contributed by atoms with Crippen molar-refractivity contribution in [3.8, 4) is 0 Å². The van der Waals surface area contributed by atoms with Crippen molar-refractivity contribution in [1.29, 1.82) is 0 Å². The maximum atomic E-state index is 14.2. The van der Waals surface area contributed by atoms with E-state index < -0.39 is 23.6 Å². The highest BCUT2D eigenvalue weighted by Gasteiger charge is 2.33. The molecule has 1 saturated carbocycles. The van der Waals surface area contributed by atoms with Gasteiger partial charge in [-0.05, 0) is 71.2 Å². The fourth-order valence-corrected chi connectivity index (χ4v) is 4.83. The van der Waals surface area contributed by atoms with E-state index in [-0.39, 0.29) is 12.1 Å². The summed E-state index contributed by atoms with van der Waals surface area (Å²) in [5.74, 6) is -1.62. The van der Waals surface area contributed by atoms with E-state index in [1.54, 1.807) is 13.0 Å². The molecule has 1 N–H and O–H groups in total. The lowest BCUT2D eigenvalue weighted by Gasteiger charge is -2.40. The summed E-state index contributed by atoms with van der Waals surface area (Å²) in [6, 6.07) is -0.326. The molecule has 2 fully saturated rings. The van der Waals surface area contributed by atoms with Gasteiger partial charge in [0, 0.05) is 24.5 Å². The number of hydrogen-bond acceptors (Lipinski definition) is 2. The molecule has 0 bridgehead atoms. The molecule has 0 radical (unpaired) electrons. The monoisotopic (exact) mass is 395 g/mol. The number of halogens is 2. The molecule has 28 heavy (non-hydrogen) atoms. The third kappa shape index (κ3) is 5.34. The molecule has 4 nitrogen and oxygen atoms in total. The highest BCUT2D eigenvalue weighted by Crippen LogP contribution is 2.31. The first-order valence-electron chi connectivity index (χ1n) is 10.9.